The normalized spacial score (nSPS) is 9.92. The van der Waals surface area contributed by atoms with E-state index in [1.165, 1.54) is 0 Å². The van der Waals surface area contributed by atoms with Gasteiger partial charge >= 0.3 is 5.97 Å². The molecule has 1 aromatic carbocycles. The van der Waals surface area contributed by atoms with Crippen molar-refractivity contribution in [2.24, 2.45) is 0 Å². The van der Waals surface area contributed by atoms with Gasteiger partial charge in [-0.1, -0.05) is 12.1 Å². The average molecular weight is 179 g/mol. The lowest BCUT2D eigenvalue weighted by Gasteiger charge is -2.04. The Kier molecular flexibility index (Phi) is 2.90. The third-order valence-corrected chi connectivity index (χ3v) is 1.91. The number of rotatable bonds is 3. The van der Waals surface area contributed by atoms with Gasteiger partial charge in [-0.05, 0) is 30.5 Å². The number of hydrogen-bond donors (Lipinski definition) is 2. The minimum atomic E-state index is -0.792. The SMILES string of the molecule is Cc1ccc(CCC(=O)O)c(N)c1. The molecule has 0 radical (unpaired) electrons. The molecule has 1 aromatic rings. The first-order chi connectivity index (χ1) is 6.09. The van der Waals surface area contributed by atoms with Crippen LogP contribution in [-0.4, -0.2) is 11.1 Å². The Hall–Kier alpha value is -1.51. The summed E-state index contributed by atoms with van der Waals surface area (Å²) in [5, 5.41) is 8.48. The predicted molar refractivity (Wildman–Crippen MR) is 51.5 cm³/mol. The number of carboxylic acid groups (broad SMARTS) is 1. The second-order valence-electron chi connectivity index (χ2n) is 3.10. The Morgan fingerprint density at radius 2 is 2.23 bits per heavy atom. The fourth-order valence-corrected chi connectivity index (χ4v) is 1.18. The molecule has 0 spiro atoms. The van der Waals surface area contributed by atoms with Crippen LogP contribution in [-0.2, 0) is 11.2 Å². The molecule has 0 saturated heterocycles. The van der Waals surface area contributed by atoms with Crippen LogP contribution in [0.15, 0.2) is 18.2 Å². The van der Waals surface area contributed by atoms with E-state index in [4.69, 9.17) is 10.8 Å². The third kappa shape index (κ3) is 2.78. The van der Waals surface area contributed by atoms with Gasteiger partial charge in [-0.2, -0.15) is 0 Å². The molecule has 0 heterocycles. The summed E-state index contributed by atoms with van der Waals surface area (Å²) in [5.41, 5.74) is 8.40. The van der Waals surface area contributed by atoms with Crippen molar-refractivity contribution in [2.45, 2.75) is 19.8 Å². The Labute approximate surface area is 77.2 Å². The van der Waals surface area contributed by atoms with E-state index in [1.54, 1.807) is 0 Å². The van der Waals surface area contributed by atoms with E-state index in [9.17, 15) is 4.79 Å². The van der Waals surface area contributed by atoms with E-state index >= 15 is 0 Å². The van der Waals surface area contributed by atoms with E-state index in [-0.39, 0.29) is 6.42 Å². The molecule has 3 N–H and O–H groups in total. The fraction of sp³-hybridized carbons (Fsp3) is 0.300. The van der Waals surface area contributed by atoms with Gasteiger partial charge in [-0.15, -0.1) is 0 Å². The summed E-state index contributed by atoms with van der Waals surface area (Å²) in [6.45, 7) is 1.96. The quantitative estimate of drug-likeness (QED) is 0.692. The van der Waals surface area contributed by atoms with E-state index in [1.807, 2.05) is 25.1 Å². The van der Waals surface area contributed by atoms with Crippen LogP contribution in [0.25, 0.3) is 0 Å². The second kappa shape index (κ2) is 3.94. The smallest absolute Gasteiger partial charge is 0.303 e. The molecule has 0 aliphatic rings. The van der Waals surface area contributed by atoms with Crippen LogP contribution >= 0.6 is 0 Å². The maximum Gasteiger partial charge on any atom is 0.303 e. The van der Waals surface area contributed by atoms with Crippen molar-refractivity contribution < 1.29 is 9.90 Å². The van der Waals surface area contributed by atoms with E-state index in [0.717, 1.165) is 11.1 Å². The van der Waals surface area contributed by atoms with Crippen LogP contribution in [0.5, 0.6) is 0 Å². The average Bonchev–Trinajstić information content (AvgIpc) is 2.02. The number of anilines is 1. The van der Waals surface area contributed by atoms with Gasteiger partial charge in [-0.25, -0.2) is 0 Å². The minimum absolute atomic E-state index is 0.132. The van der Waals surface area contributed by atoms with Crippen LogP contribution in [0, 0.1) is 6.92 Å². The summed E-state index contributed by atoms with van der Waals surface area (Å²) >= 11 is 0. The lowest BCUT2D eigenvalue weighted by molar-refractivity contribution is -0.136. The van der Waals surface area contributed by atoms with E-state index < -0.39 is 5.97 Å². The predicted octanol–water partition coefficient (Wildman–Crippen LogP) is 1.59. The summed E-state index contributed by atoms with van der Waals surface area (Å²) in [5.74, 6) is -0.792. The van der Waals surface area contributed by atoms with Crippen LogP contribution < -0.4 is 5.73 Å². The number of carbonyl (C=O) groups is 1. The van der Waals surface area contributed by atoms with E-state index in [0.29, 0.717) is 12.1 Å². The lowest BCUT2D eigenvalue weighted by atomic mass is 10.1. The highest BCUT2D eigenvalue weighted by Gasteiger charge is 2.02. The summed E-state index contributed by atoms with van der Waals surface area (Å²) in [6.07, 6.45) is 0.634. The zero-order chi connectivity index (χ0) is 9.84. The van der Waals surface area contributed by atoms with Crippen LogP contribution in [0.1, 0.15) is 17.5 Å². The molecule has 3 heteroatoms. The zero-order valence-corrected chi connectivity index (χ0v) is 7.58. The molecule has 0 aliphatic carbocycles. The van der Waals surface area contributed by atoms with Crippen molar-refractivity contribution >= 4 is 11.7 Å². The van der Waals surface area contributed by atoms with Crippen molar-refractivity contribution in [3.63, 3.8) is 0 Å². The van der Waals surface area contributed by atoms with Gasteiger partial charge in [0.05, 0.1) is 0 Å². The molecule has 1 rings (SSSR count). The van der Waals surface area contributed by atoms with Gasteiger partial charge in [0.15, 0.2) is 0 Å². The minimum Gasteiger partial charge on any atom is -0.481 e. The summed E-state index contributed by atoms with van der Waals surface area (Å²) in [6, 6.07) is 5.68. The highest BCUT2D eigenvalue weighted by atomic mass is 16.4. The number of hydrogen-bond acceptors (Lipinski definition) is 2. The van der Waals surface area contributed by atoms with Crippen LogP contribution in [0.2, 0.25) is 0 Å². The van der Waals surface area contributed by atoms with Crippen molar-refractivity contribution in [1.82, 2.24) is 0 Å². The standard InChI is InChI=1S/C10H13NO2/c1-7-2-3-8(9(11)6-7)4-5-10(12)13/h2-3,6H,4-5,11H2,1H3,(H,12,13). The van der Waals surface area contributed by atoms with Gasteiger partial charge < -0.3 is 10.8 Å². The molecule has 0 saturated carbocycles. The molecule has 3 nitrogen and oxygen atoms in total. The fourth-order valence-electron chi connectivity index (χ4n) is 1.18. The van der Waals surface area contributed by atoms with Crippen molar-refractivity contribution in [3.05, 3.63) is 29.3 Å². The van der Waals surface area contributed by atoms with Gasteiger partial charge in [0.1, 0.15) is 0 Å². The number of aliphatic carboxylic acids is 1. The largest absolute Gasteiger partial charge is 0.481 e. The Balaban J connectivity index is 2.72. The summed E-state index contributed by atoms with van der Waals surface area (Å²) in [7, 11) is 0. The van der Waals surface area contributed by atoms with Crippen LogP contribution in [0.4, 0.5) is 5.69 Å². The monoisotopic (exact) mass is 179 g/mol. The number of nitrogen functional groups attached to an aromatic ring is 1. The second-order valence-corrected chi connectivity index (χ2v) is 3.10. The van der Waals surface area contributed by atoms with Crippen molar-refractivity contribution in [1.29, 1.82) is 0 Å². The number of nitrogens with two attached hydrogens (primary N) is 1. The molecule has 0 bridgehead atoms. The van der Waals surface area contributed by atoms with Gasteiger partial charge in [0, 0.05) is 12.1 Å². The van der Waals surface area contributed by atoms with Crippen LogP contribution in [0.3, 0.4) is 0 Å². The maximum absolute atomic E-state index is 10.3. The topological polar surface area (TPSA) is 63.3 Å². The first-order valence-corrected chi connectivity index (χ1v) is 4.16. The Morgan fingerprint density at radius 3 is 2.77 bits per heavy atom. The summed E-state index contributed by atoms with van der Waals surface area (Å²) in [4.78, 5) is 10.3. The molecule has 0 unspecified atom stereocenters. The first kappa shape index (κ1) is 9.58. The molecule has 13 heavy (non-hydrogen) atoms. The molecular formula is C10H13NO2. The van der Waals surface area contributed by atoms with Crippen molar-refractivity contribution in [3.8, 4) is 0 Å². The molecule has 0 atom stereocenters. The number of benzene rings is 1. The molecule has 0 aliphatic heterocycles. The zero-order valence-electron chi connectivity index (χ0n) is 7.58. The molecule has 0 fully saturated rings. The highest BCUT2D eigenvalue weighted by Crippen LogP contribution is 2.15. The van der Waals surface area contributed by atoms with E-state index in [2.05, 4.69) is 0 Å². The van der Waals surface area contributed by atoms with Gasteiger partial charge in [-0.3, -0.25) is 4.79 Å². The molecule has 70 valence electrons. The first-order valence-electron chi connectivity index (χ1n) is 4.16. The van der Waals surface area contributed by atoms with Gasteiger partial charge in [0.2, 0.25) is 0 Å². The molecule has 0 aromatic heterocycles. The summed E-state index contributed by atoms with van der Waals surface area (Å²) < 4.78 is 0. The highest BCUT2D eigenvalue weighted by molar-refractivity contribution is 5.67. The third-order valence-electron chi connectivity index (χ3n) is 1.91. The van der Waals surface area contributed by atoms with Crippen molar-refractivity contribution in [2.75, 3.05) is 5.73 Å². The Bertz CT molecular complexity index is 321. The maximum atomic E-state index is 10.3. The number of aryl methyl sites for hydroxylation is 2. The Morgan fingerprint density at radius 1 is 1.54 bits per heavy atom. The molecular weight excluding hydrogens is 166 g/mol. The van der Waals surface area contributed by atoms with Gasteiger partial charge in [0.25, 0.3) is 0 Å². The molecule has 0 amide bonds. The lowest BCUT2D eigenvalue weighted by Crippen LogP contribution is -2.00. The number of carboxylic acids is 1.